The minimum absolute atomic E-state index is 0.543. The zero-order valence-corrected chi connectivity index (χ0v) is 11.4. The van der Waals surface area contributed by atoms with E-state index < -0.39 is 0 Å². The van der Waals surface area contributed by atoms with Gasteiger partial charge in [0.15, 0.2) is 11.5 Å². The monoisotopic (exact) mass is 309 g/mol. The lowest BCUT2D eigenvalue weighted by Crippen LogP contribution is -2.16. The van der Waals surface area contributed by atoms with E-state index in [9.17, 15) is 0 Å². The Kier molecular flexibility index (Phi) is 2.66. The Morgan fingerprint density at radius 1 is 1.33 bits per heavy atom. The Morgan fingerprint density at radius 3 is 2.83 bits per heavy atom. The quantitative estimate of drug-likeness (QED) is 0.849. The number of hydrogen-bond acceptors (Lipinski definition) is 4. The van der Waals surface area contributed by atoms with Crippen molar-refractivity contribution in [1.29, 1.82) is 0 Å². The van der Waals surface area contributed by atoms with Gasteiger partial charge in [-0.05, 0) is 40.0 Å². The first kappa shape index (κ1) is 11.4. The van der Waals surface area contributed by atoms with E-state index in [1.165, 1.54) is 0 Å². The van der Waals surface area contributed by atoms with E-state index in [4.69, 9.17) is 15.2 Å². The third-order valence-electron chi connectivity index (χ3n) is 2.98. The minimum atomic E-state index is 0.543. The van der Waals surface area contributed by atoms with E-state index in [0.29, 0.717) is 19.0 Å². The fourth-order valence-corrected chi connectivity index (χ4v) is 2.55. The van der Waals surface area contributed by atoms with Gasteiger partial charge >= 0.3 is 0 Å². The molecule has 94 valence electrons. The number of nitrogens with zero attached hydrogens (tertiary/aromatic N) is 1. The summed E-state index contributed by atoms with van der Waals surface area (Å²) in [5.41, 5.74) is 8.76. The van der Waals surface area contributed by atoms with Crippen molar-refractivity contribution in [1.82, 2.24) is 10.2 Å². The topological polar surface area (TPSA) is 73.2 Å². The third kappa shape index (κ3) is 1.64. The molecule has 2 heterocycles. The summed E-state index contributed by atoms with van der Waals surface area (Å²) < 4.78 is 12.1. The summed E-state index contributed by atoms with van der Waals surface area (Å²) in [6.45, 7) is 3.13. The van der Waals surface area contributed by atoms with Crippen LogP contribution >= 0.6 is 15.9 Å². The molecule has 1 aliphatic heterocycles. The molecule has 3 rings (SSSR count). The van der Waals surface area contributed by atoms with Crippen LogP contribution in [0.1, 0.15) is 5.56 Å². The number of nitrogens with two attached hydrogens (primary N) is 1. The molecule has 1 aliphatic rings. The fraction of sp³-hybridized carbons (Fsp3) is 0.250. The van der Waals surface area contributed by atoms with Crippen molar-refractivity contribution in [3.05, 3.63) is 22.3 Å². The van der Waals surface area contributed by atoms with E-state index in [2.05, 4.69) is 26.1 Å². The van der Waals surface area contributed by atoms with Crippen LogP contribution in [0.25, 0.3) is 11.1 Å². The predicted octanol–water partition coefficient (Wildman–Crippen LogP) is 2.50. The maximum Gasteiger partial charge on any atom is 0.175 e. The van der Waals surface area contributed by atoms with E-state index in [0.717, 1.165) is 32.7 Å². The van der Waals surface area contributed by atoms with E-state index in [-0.39, 0.29) is 0 Å². The highest BCUT2D eigenvalue weighted by Crippen LogP contribution is 2.44. The van der Waals surface area contributed by atoms with Crippen LogP contribution < -0.4 is 15.2 Å². The van der Waals surface area contributed by atoms with Crippen molar-refractivity contribution in [2.45, 2.75) is 6.92 Å². The molecule has 1 aromatic heterocycles. The maximum atomic E-state index is 5.86. The summed E-state index contributed by atoms with van der Waals surface area (Å²) in [4.78, 5) is 0. The van der Waals surface area contributed by atoms with Crippen molar-refractivity contribution in [2.75, 3.05) is 18.9 Å². The number of rotatable bonds is 1. The van der Waals surface area contributed by atoms with E-state index >= 15 is 0 Å². The van der Waals surface area contributed by atoms with Crippen LogP contribution in [0.5, 0.6) is 11.5 Å². The predicted molar refractivity (Wildman–Crippen MR) is 71.9 cm³/mol. The zero-order chi connectivity index (χ0) is 12.7. The lowest BCUT2D eigenvalue weighted by molar-refractivity contribution is 0.170. The molecular formula is C12H12BrN3O2. The van der Waals surface area contributed by atoms with E-state index in [1.807, 2.05) is 13.0 Å². The molecule has 18 heavy (non-hydrogen) atoms. The smallest absolute Gasteiger partial charge is 0.175 e. The molecular weight excluding hydrogens is 298 g/mol. The average molecular weight is 310 g/mol. The number of H-pyrrole nitrogens is 1. The number of ether oxygens (including phenoxy) is 2. The van der Waals surface area contributed by atoms with Crippen LogP contribution in [-0.4, -0.2) is 23.4 Å². The Bertz CT molecular complexity index is 610. The molecule has 0 saturated heterocycles. The number of halogens is 1. The van der Waals surface area contributed by atoms with Crippen LogP contribution in [0.3, 0.4) is 0 Å². The molecule has 1 aromatic carbocycles. The molecule has 0 unspecified atom stereocenters. The SMILES string of the molecule is Cc1c(-c2cn[nH]c2N)cc2c(c1Br)OCCO2. The van der Waals surface area contributed by atoms with Crippen molar-refractivity contribution in [3.8, 4) is 22.6 Å². The molecule has 0 saturated carbocycles. The third-order valence-corrected chi connectivity index (χ3v) is 3.93. The highest BCUT2D eigenvalue weighted by atomic mass is 79.9. The number of fused-ring (bicyclic) bond motifs is 1. The van der Waals surface area contributed by atoms with E-state index in [1.54, 1.807) is 6.20 Å². The van der Waals surface area contributed by atoms with Crippen molar-refractivity contribution >= 4 is 21.7 Å². The number of nitrogen functional groups attached to an aromatic ring is 1. The second-order valence-electron chi connectivity index (χ2n) is 4.08. The Hall–Kier alpha value is -1.69. The lowest BCUT2D eigenvalue weighted by atomic mass is 10.0. The van der Waals surface area contributed by atoms with Gasteiger partial charge in [0, 0.05) is 5.56 Å². The summed E-state index contributed by atoms with van der Waals surface area (Å²) in [6.07, 6.45) is 1.71. The van der Waals surface area contributed by atoms with Crippen molar-refractivity contribution in [2.24, 2.45) is 0 Å². The number of aromatic amines is 1. The van der Waals surface area contributed by atoms with Gasteiger partial charge in [-0.1, -0.05) is 0 Å². The highest BCUT2D eigenvalue weighted by Gasteiger charge is 2.21. The maximum absolute atomic E-state index is 5.86. The first-order valence-electron chi connectivity index (χ1n) is 5.56. The van der Waals surface area contributed by atoms with Gasteiger partial charge in [0.1, 0.15) is 19.0 Å². The number of benzene rings is 1. The first-order valence-corrected chi connectivity index (χ1v) is 6.35. The number of anilines is 1. The number of aromatic nitrogens is 2. The molecule has 0 bridgehead atoms. The van der Waals surface area contributed by atoms with Crippen LogP contribution in [0, 0.1) is 6.92 Å². The summed E-state index contributed by atoms with van der Waals surface area (Å²) in [5, 5.41) is 6.68. The van der Waals surface area contributed by atoms with Gasteiger partial charge < -0.3 is 15.2 Å². The van der Waals surface area contributed by atoms with Gasteiger partial charge in [-0.3, -0.25) is 5.10 Å². The minimum Gasteiger partial charge on any atom is -0.486 e. The van der Waals surface area contributed by atoms with Crippen LogP contribution in [-0.2, 0) is 0 Å². The largest absolute Gasteiger partial charge is 0.486 e. The van der Waals surface area contributed by atoms with Gasteiger partial charge in [0.2, 0.25) is 0 Å². The van der Waals surface area contributed by atoms with Gasteiger partial charge in [-0.25, -0.2) is 0 Å². The molecule has 0 amide bonds. The van der Waals surface area contributed by atoms with Gasteiger partial charge in [-0.2, -0.15) is 5.10 Å². The Morgan fingerprint density at radius 2 is 2.11 bits per heavy atom. The van der Waals surface area contributed by atoms with Crippen molar-refractivity contribution in [3.63, 3.8) is 0 Å². The van der Waals surface area contributed by atoms with Crippen LogP contribution in [0.4, 0.5) is 5.82 Å². The average Bonchev–Trinajstić information content (AvgIpc) is 2.80. The second-order valence-corrected chi connectivity index (χ2v) is 4.88. The first-order chi connectivity index (χ1) is 8.68. The normalized spacial score (nSPS) is 13.7. The zero-order valence-electron chi connectivity index (χ0n) is 9.79. The van der Waals surface area contributed by atoms with Gasteiger partial charge in [0.25, 0.3) is 0 Å². The van der Waals surface area contributed by atoms with Gasteiger partial charge in [-0.15, -0.1) is 0 Å². The number of nitrogens with one attached hydrogen (secondary N) is 1. The molecule has 6 heteroatoms. The van der Waals surface area contributed by atoms with Crippen molar-refractivity contribution < 1.29 is 9.47 Å². The standard InChI is InChI=1S/C12H12BrN3O2/c1-6-7(8-5-15-16-12(8)14)4-9-11(10(6)13)18-3-2-17-9/h4-5H,2-3H2,1H3,(H3,14,15,16). The number of hydrogen-bond donors (Lipinski definition) is 2. The molecule has 0 radical (unpaired) electrons. The lowest BCUT2D eigenvalue weighted by Gasteiger charge is -2.22. The molecule has 2 aromatic rings. The summed E-state index contributed by atoms with van der Waals surface area (Å²) >= 11 is 3.55. The highest BCUT2D eigenvalue weighted by molar-refractivity contribution is 9.10. The fourth-order valence-electron chi connectivity index (χ4n) is 2.03. The summed E-state index contributed by atoms with van der Waals surface area (Å²) in [6, 6.07) is 1.94. The second kappa shape index (κ2) is 4.20. The summed E-state index contributed by atoms with van der Waals surface area (Å²) in [5.74, 6) is 2.03. The Balaban J connectivity index is 2.22. The van der Waals surface area contributed by atoms with Gasteiger partial charge in [0.05, 0.1) is 10.7 Å². The molecule has 0 aliphatic carbocycles. The summed E-state index contributed by atoms with van der Waals surface area (Å²) in [7, 11) is 0. The molecule has 3 N–H and O–H groups in total. The molecule has 0 spiro atoms. The van der Waals surface area contributed by atoms with Crippen LogP contribution in [0.15, 0.2) is 16.7 Å². The molecule has 5 nitrogen and oxygen atoms in total. The van der Waals surface area contributed by atoms with Crippen LogP contribution in [0.2, 0.25) is 0 Å². The molecule has 0 fully saturated rings. The molecule has 0 atom stereocenters. The Labute approximate surface area is 112 Å².